The third kappa shape index (κ3) is 3.80. The number of anilines is 1. The molecule has 0 aliphatic heterocycles. The number of aromatic amines is 1. The van der Waals surface area contributed by atoms with Gasteiger partial charge in [0.1, 0.15) is 5.69 Å². The summed E-state index contributed by atoms with van der Waals surface area (Å²) in [6.07, 6.45) is -0.815. The summed E-state index contributed by atoms with van der Waals surface area (Å²) in [6.45, 7) is -0.0531. The second kappa shape index (κ2) is 6.87. The van der Waals surface area contributed by atoms with Crippen molar-refractivity contribution in [2.75, 3.05) is 25.6 Å². The molecule has 1 unspecified atom stereocenters. The normalized spacial score (nSPS) is 12.0. The Bertz CT molecular complexity index is 612. The summed E-state index contributed by atoms with van der Waals surface area (Å²) >= 11 is 0. The monoisotopic (exact) mass is 291 g/mol. The number of methoxy groups -OCH3 is 1. The van der Waals surface area contributed by atoms with Crippen molar-refractivity contribution in [1.29, 1.82) is 0 Å². The number of H-pyrrole nitrogens is 1. The molecule has 112 valence electrons. The molecule has 2 rings (SSSR count). The fourth-order valence-electron chi connectivity index (χ4n) is 1.77. The highest BCUT2D eigenvalue weighted by Gasteiger charge is 2.11. The molecule has 0 aliphatic rings. The van der Waals surface area contributed by atoms with Crippen LogP contribution >= 0.6 is 0 Å². The Morgan fingerprint density at radius 3 is 3.00 bits per heavy atom. The molecule has 4 N–H and O–H groups in total. The lowest BCUT2D eigenvalue weighted by Gasteiger charge is -2.10. The molecule has 0 spiro atoms. The first-order chi connectivity index (χ1) is 10.1. The molecule has 0 amide bonds. The highest BCUT2D eigenvalue weighted by Crippen LogP contribution is 2.21. The molecule has 0 bridgehead atoms. The van der Waals surface area contributed by atoms with Crippen molar-refractivity contribution in [1.82, 2.24) is 10.2 Å². The maximum atomic E-state index is 11.4. The fraction of sp³-hybridized carbons (Fsp3) is 0.286. The van der Waals surface area contributed by atoms with Gasteiger partial charge in [-0.2, -0.15) is 5.10 Å². The number of aliphatic hydroxyl groups excluding tert-OH is 2. The largest absolute Gasteiger partial charge is 0.464 e. The molecule has 0 radical (unpaired) electrons. The maximum Gasteiger partial charge on any atom is 0.356 e. The number of carbonyl (C=O) groups excluding carboxylic acids is 1. The molecule has 0 saturated heterocycles. The molecule has 1 atom stereocenters. The summed E-state index contributed by atoms with van der Waals surface area (Å²) in [5.74, 6) is -0.478. The molecule has 1 aromatic heterocycles. The smallest absolute Gasteiger partial charge is 0.356 e. The number of esters is 1. The number of benzene rings is 1. The van der Waals surface area contributed by atoms with Gasteiger partial charge in [0.05, 0.1) is 25.5 Å². The minimum atomic E-state index is -0.815. The summed E-state index contributed by atoms with van der Waals surface area (Å²) in [5, 5.41) is 27.8. The van der Waals surface area contributed by atoms with Crippen molar-refractivity contribution in [3.8, 4) is 11.3 Å². The van der Waals surface area contributed by atoms with Gasteiger partial charge < -0.3 is 20.3 Å². The molecule has 21 heavy (non-hydrogen) atoms. The molecule has 1 aromatic carbocycles. The Balaban J connectivity index is 2.13. The Hall–Kier alpha value is -2.38. The maximum absolute atomic E-state index is 11.4. The molecule has 7 heteroatoms. The average Bonchev–Trinajstić information content (AvgIpc) is 3.02. The Morgan fingerprint density at radius 1 is 1.48 bits per heavy atom. The zero-order valence-corrected chi connectivity index (χ0v) is 11.5. The zero-order valence-electron chi connectivity index (χ0n) is 11.5. The molecule has 0 fully saturated rings. The van der Waals surface area contributed by atoms with E-state index >= 15 is 0 Å². The predicted octanol–water partition coefficient (Wildman–Crippen LogP) is 0.628. The summed E-state index contributed by atoms with van der Waals surface area (Å²) in [4.78, 5) is 11.4. The van der Waals surface area contributed by atoms with Crippen molar-refractivity contribution in [2.45, 2.75) is 6.10 Å². The fourth-order valence-corrected chi connectivity index (χ4v) is 1.77. The van der Waals surface area contributed by atoms with Crippen molar-refractivity contribution in [3.05, 3.63) is 36.0 Å². The second-order valence-corrected chi connectivity index (χ2v) is 4.46. The van der Waals surface area contributed by atoms with E-state index in [-0.39, 0.29) is 18.8 Å². The quantitative estimate of drug-likeness (QED) is 0.581. The number of hydrogen-bond donors (Lipinski definition) is 4. The molecule has 1 heterocycles. The van der Waals surface area contributed by atoms with Crippen LogP contribution in [0.4, 0.5) is 5.69 Å². The first-order valence-electron chi connectivity index (χ1n) is 6.41. The van der Waals surface area contributed by atoms with Crippen LogP contribution in [0.2, 0.25) is 0 Å². The van der Waals surface area contributed by atoms with Gasteiger partial charge in [0.25, 0.3) is 0 Å². The number of aliphatic hydroxyl groups is 2. The first kappa shape index (κ1) is 15.0. The molecular formula is C14H17N3O4. The summed E-state index contributed by atoms with van der Waals surface area (Å²) < 4.78 is 4.61. The Labute approximate surface area is 121 Å². The number of nitrogens with one attached hydrogen (secondary N) is 2. The van der Waals surface area contributed by atoms with Crippen LogP contribution in [0.25, 0.3) is 11.3 Å². The van der Waals surface area contributed by atoms with Gasteiger partial charge in [-0.15, -0.1) is 0 Å². The summed E-state index contributed by atoms with van der Waals surface area (Å²) in [7, 11) is 1.31. The summed E-state index contributed by atoms with van der Waals surface area (Å²) in [6, 6.07) is 8.96. The van der Waals surface area contributed by atoms with Crippen LogP contribution in [0, 0.1) is 0 Å². The van der Waals surface area contributed by atoms with Crippen LogP contribution in [0.5, 0.6) is 0 Å². The highest BCUT2D eigenvalue weighted by molar-refractivity contribution is 5.88. The third-order valence-corrected chi connectivity index (χ3v) is 2.89. The third-order valence-electron chi connectivity index (χ3n) is 2.89. The Morgan fingerprint density at radius 2 is 2.29 bits per heavy atom. The van der Waals surface area contributed by atoms with E-state index in [9.17, 15) is 9.90 Å². The highest BCUT2D eigenvalue weighted by atomic mass is 16.5. The summed E-state index contributed by atoms with van der Waals surface area (Å²) in [5.41, 5.74) is 2.48. The van der Waals surface area contributed by atoms with Crippen molar-refractivity contribution >= 4 is 11.7 Å². The Kier molecular flexibility index (Phi) is 4.91. The SMILES string of the molecule is COC(=O)c1cc(-c2cccc(NCC(O)CO)c2)n[nH]1. The van der Waals surface area contributed by atoms with Gasteiger partial charge in [-0.25, -0.2) is 4.79 Å². The van der Waals surface area contributed by atoms with Crippen molar-refractivity contribution < 1.29 is 19.7 Å². The van der Waals surface area contributed by atoms with E-state index in [0.717, 1.165) is 11.3 Å². The van der Waals surface area contributed by atoms with Crippen LogP contribution in [0.3, 0.4) is 0 Å². The van der Waals surface area contributed by atoms with Crippen LogP contribution in [0.1, 0.15) is 10.5 Å². The molecule has 7 nitrogen and oxygen atoms in total. The van der Waals surface area contributed by atoms with Gasteiger partial charge in [0, 0.05) is 17.8 Å². The zero-order chi connectivity index (χ0) is 15.2. The van der Waals surface area contributed by atoms with Crippen LogP contribution in [-0.2, 0) is 4.74 Å². The van der Waals surface area contributed by atoms with Gasteiger partial charge in [-0.05, 0) is 18.2 Å². The van der Waals surface area contributed by atoms with Crippen molar-refractivity contribution in [3.63, 3.8) is 0 Å². The molecule has 0 aliphatic carbocycles. The predicted molar refractivity (Wildman–Crippen MR) is 76.9 cm³/mol. The van der Waals surface area contributed by atoms with E-state index in [4.69, 9.17) is 5.11 Å². The second-order valence-electron chi connectivity index (χ2n) is 4.46. The van der Waals surface area contributed by atoms with Gasteiger partial charge in [-0.3, -0.25) is 5.10 Å². The average molecular weight is 291 g/mol. The topological polar surface area (TPSA) is 107 Å². The number of hydrogen-bond acceptors (Lipinski definition) is 6. The van der Waals surface area contributed by atoms with Crippen LogP contribution in [-0.4, -0.2) is 52.7 Å². The number of carbonyl (C=O) groups is 1. The van der Waals surface area contributed by atoms with E-state index in [1.54, 1.807) is 6.07 Å². The van der Waals surface area contributed by atoms with Gasteiger partial charge in [-0.1, -0.05) is 12.1 Å². The van der Waals surface area contributed by atoms with Crippen molar-refractivity contribution in [2.24, 2.45) is 0 Å². The minimum absolute atomic E-state index is 0.244. The lowest BCUT2D eigenvalue weighted by atomic mass is 10.1. The van der Waals surface area contributed by atoms with E-state index in [2.05, 4.69) is 20.3 Å². The van der Waals surface area contributed by atoms with Crippen LogP contribution in [0.15, 0.2) is 30.3 Å². The van der Waals surface area contributed by atoms with Gasteiger partial charge >= 0.3 is 5.97 Å². The van der Waals surface area contributed by atoms with E-state index < -0.39 is 12.1 Å². The van der Waals surface area contributed by atoms with E-state index in [0.29, 0.717) is 5.69 Å². The lowest BCUT2D eigenvalue weighted by Crippen LogP contribution is -2.22. The number of aromatic nitrogens is 2. The van der Waals surface area contributed by atoms with Gasteiger partial charge in [0.2, 0.25) is 0 Å². The lowest BCUT2D eigenvalue weighted by molar-refractivity contribution is 0.0594. The van der Waals surface area contributed by atoms with Gasteiger partial charge in [0.15, 0.2) is 0 Å². The molecule has 0 saturated carbocycles. The van der Waals surface area contributed by atoms with E-state index in [1.807, 2.05) is 24.3 Å². The molecule has 2 aromatic rings. The number of nitrogens with zero attached hydrogens (tertiary/aromatic N) is 1. The van der Waals surface area contributed by atoms with E-state index in [1.165, 1.54) is 7.11 Å². The number of ether oxygens (including phenoxy) is 1. The van der Waals surface area contributed by atoms with Crippen LogP contribution < -0.4 is 5.32 Å². The number of rotatable bonds is 6. The minimum Gasteiger partial charge on any atom is -0.464 e. The standard InChI is InChI=1S/C14H17N3O4/c1-21-14(20)13-6-12(16-17-13)9-3-2-4-10(5-9)15-7-11(19)8-18/h2-6,11,15,18-19H,7-8H2,1H3,(H,16,17). The molecular weight excluding hydrogens is 274 g/mol. The first-order valence-corrected chi connectivity index (χ1v) is 6.41.